The van der Waals surface area contributed by atoms with Crippen LogP contribution in [0, 0.1) is 5.82 Å². The summed E-state index contributed by atoms with van der Waals surface area (Å²) in [5.74, 6) is -0.361. The second kappa shape index (κ2) is 4.23. The smallest absolute Gasteiger partial charge is 0.159 e. The lowest BCUT2D eigenvalue weighted by Crippen LogP contribution is -1.91. The molecule has 2 rings (SSSR count). The maximum absolute atomic E-state index is 13.4. The summed E-state index contributed by atoms with van der Waals surface area (Å²) < 4.78 is 13.4. The average molecular weight is 215 g/mol. The molecule has 0 aliphatic rings. The number of hydrogen-bond acceptors (Lipinski definition) is 2. The van der Waals surface area contributed by atoms with Gasteiger partial charge in [0, 0.05) is 17.3 Å². The molecule has 0 aliphatic carbocycles. The minimum Gasteiger partial charge on any atom is -0.295 e. The molecular weight excluding hydrogens is 205 g/mol. The standard InChI is InChI=1S/C13H10FNO/c1-9(16)10-2-4-11(5-3-10)12-6-7-15-8-13(12)14/h2-8H,1H3. The number of rotatable bonds is 2. The Kier molecular flexibility index (Phi) is 2.77. The van der Waals surface area contributed by atoms with Crippen molar-refractivity contribution in [1.29, 1.82) is 0 Å². The normalized spacial score (nSPS) is 10.1. The Hall–Kier alpha value is -2.03. The first-order valence-corrected chi connectivity index (χ1v) is 4.89. The first-order chi connectivity index (χ1) is 7.68. The van der Waals surface area contributed by atoms with Gasteiger partial charge in [-0.3, -0.25) is 9.78 Å². The van der Waals surface area contributed by atoms with Crippen molar-refractivity contribution in [3.8, 4) is 11.1 Å². The number of hydrogen-bond donors (Lipinski definition) is 0. The summed E-state index contributed by atoms with van der Waals surface area (Å²) in [4.78, 5) is 14.8. The Morgan fingerprint density at radius 1 is 1.19 bits per heavy atom. The van der Waals surface area contributed by atoms with Crippen LogP contribution < -0.4 is 0 Å². The Labute approximate surface area is 92.8 Å². The van der Waals surface area contributed by atoms with Gasteiger partial charge in [-0.25, -0.2) is 4.39 Å². The van der Waals surface area contributed by atoms with E-state index in [2.05, 4.69) is 4.98 Å². The van der Waals surface area contributed by atoms with Gasteiger partial charge in [-0.15, -0.1) is 0 Å². The second-order valence-electron chi connectivity index (χ2n) is 3.49. The zero-order chi connectivity index (χ0) is 11.5. The largest absolute Gasteiger partial charge is 0.295 e. The molecule has 1 heterocycles. The number of aromatic nitrogens is 1. The van der Waals surface area contributed by atoms with Crippen LogP contribution in [-0.2, 0) is 0 Å². The van der Waals surface area contributed by atoms with E-state index < -0.39 is 0 Å². The minimum atomic E-state index is -0.363. The summed E-state index contributed by atoms with van der Waals surface area (Å²) in [6.07, 6.45) is 2.71. The van der Waals surface area contributed by atoms with Gasteiger partial charge in [0.15, 0.2) is 5.78 Å². The van der Waals surface area contributed by atoms with Crippen LogP contribution in [0.1, 0.15) is 17.3 Å². The molecule has 16 heavy (non-hydrogen) atoms. The van der Waals surface area contributed by atoms with E-state index in [4.69, 9.17) is 0 Å². The Balaban J connectivity index is 2.43. The molecule has 0 radical (unpaired) electrons. The van der Waals surface area contributed by atoms with Crippen LogP contribution in [0.4, 0.5) is 4.39 Å². The maximum Gasteiger partial charge on any atom is 0.159 e. The van der Waals surface area contributed by atoms with Gasteiger partial charge in [0.1, 0.15) is 5.82 Å². The summed E-state index contributed by atoms with van der Waals surface area (Å²) in [5, 5.41) is 0. The van der Waals surface area contributed by atoms with E-state index in [1.54, 1.807) is 30.3 Å². The lowest BCUT2D eigenvalue weighted by molar-refractivity contribution is 0.101. The van der Waals surface area contributed by atoms with Gasteiger partial charge in [-0.2, -0.15) is 0 Å². The zero-order valence-corrected chi connectivity index (χ0v) is 8.77. The molecule has 1 aromatic carbocycles. The molecule has 2 aromatic rings. The summed E-state index contributed by atoms with van der Waals surface area (Å²) >= 11 is 0. The van der Waals surface area contributed by atoms with Crippen molar-refractivity contribution >= 4 is 5.78 Å². The fourth-order valence-electron chi connectivity index (χ4n) is 1.49. The van der Waals surface area contributed by atoms with Gasteiger partial charge in [-0.05, 0) is 18.6 Å². The van der Waals surface area contributed by atoms with Crippen molar-refractivity contribution in [3.63, 3.8) is 0 Å². The van der Waals surface area contributed by atoms with E-state index >= 15 is 0 Å². The number of carbonyl (C=O) groups is 1. The van der Waals surface area contributed by atoms with Crippen molar-refractivity contribution in [3.05, 3.63) is 54.1 Å². The van der Waals surface area contributed by atoms with E-state index in [-0.39, 0.29) is 11.6 Å². The SMILES string of the molecule is CC(=O)c1ccc(-c2ccncc2F)cc1. The highest BCUT2D eigenvalue weighted by atomic mass is 19.1. The Morgan fingerprint density at radius 3 is 2.44 bits per heavy atom. The molecule has 0 N–H and O–H groups in total. The van der Waals surface area contributed by atoms with Crippen molar-refractivity contribution in [2.24, 2.45) is 0 Å². The molecule has 0 saturated carbocycles. The van der Waals surface area contributed by atoms with Crippen LogP contribution >= 0.6 is 0 Å². The molecule has 0 atom stereocenters. The maximum atomic E-state index is 13.4. The van der Waals surface area contributed by atoms with Gasteiger partial charge in [0.2, 0.25) is 0 Å². The summed E-state index contributed by atoms with van der Waals surface area (Å²) in [6, 6.07) is 8.46. The minimum absolute atomic E-state index is 0.00162. The molecule has 0 aliphatic heterocycles. The van der Waals surface area contributed by atoms with Gasteiger partial charge >= 0.3 is 0 Å². The van der Waals surface area contributed by atoms with E-state index in [9.17, 15) is 9.18 Å². The predicted molar refractivity (Wildman–Crippen MR) is 59.6 cm³/mol. The van der Waals surface area contributed by atoms with E-state index in [0.717, 1.165) is 5.56 Å². The number of nitrogens with zero attached hydrogens (tertiary/aromatic N) is 1. The molecule has 0 saturated heterocycles. The number of Topliss-reactive ketones (excluding diaryl/α,β-unsaturated/α-hetero) is 1. The monoisotopic (exact) mass is 215 g/mol. The first-order valence-electron chi connectivity index (χ1n) is 4.89. The van der Waals surface area contributed by atoms with E-state index in [1.165, 1.54) is 19.3 Å². The van der Waals surface area contributed by atoms with Crippen molar-refractivity contribution in [2.45, 2.75) is 6.92 Å². The first kappa shape index (κ1) is 10.5. The Morgan fingerprint density at radius 2 is 1.88 bits per heavy atom. The molecule has 80 valence electrons. The molecule has 0 spiro atoms. The number of pyridine rings is 1. The quantitative estimate of drug-likeness (QED) is 0.720. The third-order valence-electron chi connectivity index (χ3n) is 2.37. The van der Waals surface area contributed by atoms with Gasteiger partial charge in [0.05, 0.1) is 6.20 Å². The molecule has 3 heteroatoms. The van der Waals surface area contributed by atoms with Crippen molar-refractivity contribution in [2.75, 3.05) is 0 Å². The summed E-state index contributed by atoms with van der Waals surface area (Å²) in [6.45, 7) is 1.50. The average Bonchev–Trinajstić information content (AvgIpc) is 2.30. The summed E-state index contributed by atoms with van der Waals surface area (Å²) in [7, 11) is 0. The molecular formula is C13H10FNO. The fraction of sp³-hybridized carbons (Fsp3) is 0.0769. The number of carbonyl (C=O) groups excluding carboxylic acids is 1. The topological polar surface area (TPSA) is 30.0 Å². The fourth-order valence-corrected chi connectivity index (χ4v) is 1.49. The third-order valence-corrected chi connectivity index (χ3v) is 2.37. The number of benzene rings is 1. The van der Waals surface area contributed by atoms with Crippen LogP contribution in [0.15, 0.2) is 42.7 Å². The zero-order valence-electron chi connectivity index (χ0n) is 8.77. The molecule has 0 amide bonds. The van der Waals surface area contributed by atoms with E-state index in [1.807, 2.05) is 0 Å². The third kappa shape index (κ3) is 1.98. The van der Waals surface area contributed by atoms with Crippen molar-refractivity contribution < 1.29 is 9.18 Å². The van der Waals surface area contributed by atoms with E-state index in [0.29, 0.717) is 11.1 Å². The molecule has 0 unspecified atom stereocenters. The highest BCUT2D eigenvalue weighted by Gasteiger charge is 2.05. The van der Waals surface area contributed by atoms with Crippen molar-refractivity contribution in [1.82, 2.24) is 4.98 Å². The number of ketones is 1. The predicted octanol–water partition coefficient (Wildman–Crippen LogP) is 3.09. The number of halogens is 1. The highest BCUT2D eigenvalue weighted by Crippen LogP contribution is 2.21. The van der Waals surface area contributed by atoms with Crippen LogP contribution in [0.5, 0.6) is 0 Å². The molecule has 0 fully saturated rings. The molecule has 2 nitrogen and oxygen atoms in total. The van der Waals surface area contributed by atoms with Gasteiger partial charge < -0.3 is 0 Å². The van der Waals surface area contributed by atoms with Crippen LogP contribution in [0.3, 0.4) is 0 Å². The van der Waals surface area contributed by atoms with Crippen LogP contribution in [0.25, 0.3) is 11.1 Å². The Bertz CT molecular complexity index is 520. The molecule has 1 aromatic heterocycles. The lowest BCUT2D eigenvalue weighted by atomic mass is 10.0. The molecule has 0 bridgehead atoms. The van der Waals surface area contributed by atoms with Crippen LogP contribution in [0.2, 0.25) is 0 Å². The van der Waals surface area contributed by atoms with Gasteiger partial charge in [-0.1, -0.05) is 24.3 Å². The van der Waals surface area contributed by atoms with Gasteiger partial charge in [0.25, 0.3) is 0 Å². The second-order valence-corrected chi connectivity index (χ2v) is 3.49. The lowest BCUT2D eigenvalue weighted by Gasteiger charge is -2.03. The van der Waals surface area contributed by atoms with Crippen LogP contribution in [-0.4, -0.2) is 10.8 Å². The summed E-state index contributed by atoms with van der Waals surface area (Å²) in [5.41, 5.74) is 1.85. The highest BCUT2D eigenvalue weighted by molar-refractivity contribution is 5.94.